The number of thiocarbonyl (C=S) groups is 1. The third-order valence-corrected chi connectivity index (χ3v) is 3.82. The molecule has 0 saturated heterocycles. The van der Waals surface area contributed by atoms with E-state index in [2.05, 4.69) is 15.5 Å². The number of amides is 1. The molecule has 0 aromatic carbocycles. The first-order chi connectivity index (χ1) is 9.13. The molecule has 19 heavy (non-hydrogen) atoms. The zero-order valence-corrected chi connectivity index (χ0v) is 11.6. The Morgan fingerprint density at radius 2 is 2.32 bits per heavy atom. The van der Waals surface area contributed by atoms with Crippen LogP contribution in [0.15, 0.2) is 28.8 Å². The van der Waals surface area contributed by atoms with Crippen molar-refractivity contribution >= 4 is 40.4 Å². The quantitative estimate of drug-likeness (QED) is 0.842. The minimum atomic E-state index is -0.259. The van der Waals surface area contributed by atoms with Crippen molar-refractivity contribution in [2.75, 3.05) is 5.32 Å². The smallest absolute Gasteiger partial charge is 0.258 e. The summed E-state index contributed by atoms with van der Waals surface area (Å²) in [7, 11) is 0. The molecule has 3 rings (SSSR count). The molecule has 6 heteroatoms. The van der Waals surface area contributed by atoms with Crippen LogP contribution in [-0.2, 0) is 4.79 Å². The number of allylic oxidation sites excluding steroid dienone is 3. The zero-order valence-electron chi connectivity index (χ0n) is 10.1. The van der Waals surface area contributed by atoms with Gasteiger partial charge in [-0.05, 0) is 18.9 Å². The monoisotopic (exact) mass is 293 g/mol. The predicted molar refractivity (Wildman–Crippen MR) is 78.4 cm³/mol. The number of aromatic amines is 1. The topological polar surface area (TPSA) is 57.8 Å². The third-order valence-electron chi connectivity index (χ3n) is 3.17. The van der Waals surface area contributed by atoms with E-state index in [0.29, 0.717) is 33.6 Å². The Balaban J connectivity index is 1.73. The minimum absolute atomic E-state index is 0.259. The van der Waals surface area contributed by atoms with Crippen LogP contribution in [0.2, 0.25) is 0 Å². The summed E-state index contributed by atoms with van der Waals surface area (Å²) in [5, 5.41) is 10.3. The molecule has 0 atom stereocenters. The first-order valence-corrected chi connectivity index (χ1v) is 6.89. The molecule has 0 unspecified atom stereocenters. The van der Waals surface area contributed by atoms with E-state index in [1.807, 2.05) is 6.07 Å². The summed E-state index contributed by atoms with van der Waals surface area (Å²) in [6, 6.07) is 1.87. The molecule has 0 radical (unpaired) electrons. The van der Waals surface area contributed by atoms with Gasteiger partial charge in [-0.1, -0.05) is 29.9 Å². The number of nitrogens with one attached hydrogen (secondary N) is 2. The van der Waals surface area contributed by atoms with Crippen LogP contribution in [0, 0.1) is 0 Å². The van der Waals surface area contributed by atoms with Gasteiger partial charge in [-0.2, -0.15) is 5.10 Å². The number of carbonyl (C=O) groups excluding carboxylic acids is 1. The lowest BCUT2D eigenvalue weighted by atomic mass is 10.0. The van der Waals surface area contributed by atoms with Gasteiger partial charge in [0.1, 0.15) is 0 Å². The molecule has 2 N–H and O–H groups in total. The van der Waals surface area contributed by atoms with Gasteiger partial charge in [-0.3, -0.25) is 9.89 Å². The number of rotatable bonds is 3. The highest BCUT2D eigenvalue weighted by atomic mass is 35.5. The van der Waals surface area contributed by atoms with Gasteiger partial charge in [0.2, 0.25) is 0 Å². The van der Waals surface area contributed by atoms with Crippen molar-refractivity contribution in [2.45, 2.75) is 25.2 Å². The second-order valence-corrected chi connectivity index (χ2v) is 5.64. The van der Waals surface area contributed by atoms with Crippen LogP contribution in [0.4, 0.5) is 5.82 Å². The van der Waals surface area contributed by atoms with Crippen molar-refractivity contribution < 1.29 is 4.79 Å². The first kappa shape index (κ1) is 12.6. The summed E-state index contributed by atoms with van der Waals surface area (Å²) in [6.45, 7) is 0. The fraction of sp³-hybridized carbons (Fsp3) is 0.308. The fourth-order valence-electron chi connectivity index (χ4n) is 1.96. The van der Waals surface area contributed by atoms with Gasteiger partial charge >= 0.3 is 0 Å². The van der Waals surface area contributed by atoms with Crippen LogP contribution in [0.3, 0.4) is 0 Å². The van der Waals surface area contributed by atoms with Gasteiger partial charge in [0, 0.05) is 34.0 Å². The number of hydrogen-bond acceptors (Lipinski definition) is 3. The second kappa shape index (κ2) is 4.90. The fourth-order valence-corrected chi connectivity index (χ4v) is 2.38. The van der Waals surface area contributed by atoms with E-state index in [0.717, 1.165) is 5.69 Å². The number of aromatic nitrogens is 2. The maximum Gasteiger partial charge on any atom is 0.258 e. The minimum Gasteiger partial charge on any atom is -0.305 e. The number of H-pyrrole nitrogens is 1. The van der Waals surface area contributed by atoms with Crippen LogP contribution in [0.25, 0.3) is 0 Å². The highest BCUT2D eigenvalue weighted by Crippen LogP contribution is 2.39. The van der Waals surface area contributed by atoms with Crippen molar-refractivity contribution in [3.8, 4) is 0 Å². The molecule has 0 bridgehead atoms. The van der Waals surface area contributed by atoms with Crippen LogP contribution in [-0.4, -0.2) is 21.0 Å². The molecule has 1 aromatic heterocycles. The van der Waals surface area contributed by atoms with Gasteiger partial charge in [0.25, 0.3) is 5.91 Å². The average molecular weight is 294 g/mol. The van der Waals surface area contributed by atoms with Crippen molar-refractivity contribution in [3.63, 3.8) is 0 Å². The molecule has 0 spiro atoms. The maximum absolute atomic E-state index is 12.1. The Hall–Kier alpha value is -1.46. The molecule has 1 heterocycles. The number of carbonyl (C=O) groups is 1. The van der Waals surface area contributed by atoms with E-state index >= 15 is 0 Å². The maximum atomic E-state index is 12.1. The normalized spacial score (nSPS) is 18.9. The summed E-state index contributed by atoms with van der Waals surface area (Å²) < 4.78 is 0. The summed E-state index contributed by atoms with van der Waals surface area (Å²) in [5.74, 6) is 0.844. The van der Waals surface area contributed by atoms with E-state index < -0.39 is 0 Å². The van der Waals surface area contributed by atoms with Gasteiger partial charge in [-0.25, -0.2) is 0 Å². The molecule has 2 aliphatic carbocycles. The molecule has 1 fully saturated rings. The summed E-state index contributed by atoms with van der Waals surface area (Å²) in [6.07, 6.45) is 6.29. The van der Waals surface area contributed by atoms with Crippen LogP contribution in [0.1, 0.15) is 30.9 Å². The van der Waals surface area contributed by atoms with E-state index in [4.69, 9.17) is 23.8 Å². The zero-order chi connectivity index (χ0) is 13.4. The largest absolute Gasteiger partial charge is 0.305 e. The van der Waals surface area contributed by atoms with Crippen molar-refractivity contribution in [2.24, 2.45) is 0 Å². The summed E-state index contributed by atoms with van der Waals surface area (Å²) in [4.78, 5) is 12.7. The van der Waals surface area contributed by atoms with Gasteiger partial charge in [-0.15, -0.1) is 0 Å². The van der Waals surface area contributed by atoms with E-state index in [1.54, 1.807) is 12.2 Å². The predicted octanol–water partition coefficient (Wildman–Crippen LogP) is 3.05. The third kappa shape index (κ3) is 2.77. The van der Waals surface area contributed by atoms with E-state index in [-0.39, 0.29) is 5.91 Å². The SMILES string of the molecule is O=C(Nc1cc(C2CC2)[nH]n1)C1=CC(Cl)=CCC1=S. The Morgan fingerprint density at radius 1 is 1.53 bits per heavy atom. The van der Waals surface area contributed by atoms with Crippen molar-refractivity contribution in [1.29, 1.82) is 0 Å². The van der Waals surface area contributed by atoms with Gasteiger partial charge < -0.3 is 5.32 Å². The molecule has 1 saturated carbocycles. The Morgan fingerprint density at radius 3 is 3.05 bits per heavy atom. The van der Waals surface area contributed by atoms with Crippen LogP contribution < -0.4 is 5.32 Å². The molecule has 98 valence electrons. The lowest BCUT2D eigenvalue weighted by Gasteiger charge is -2.11. The number of anilines is 1. The van der Waals surface area contributed by atoms with Crippen LogP contribution in [0.5, 0.6) is 0 Å². The van der Waals surface area contributed by atoms with Crippen molar-refractivity contribution in [3.05, 3.63) is 34.5 Å². The van der Waals surface area contributed by atoms with Crippen molar-refractivity contribution in [1.82, 2.24) is 10.2 Å². The standard InChI is InChI=1S/C13H12ClN3OS/c14-8-3-4-11(19)9(5-8)13(18)15-12-6-10(16-17-12)7-1-2-7/h3,5-7H,1-2,4H2,(H2,15,16,17,18). The van der Waals surface area contributed by atoms with Gasteiger partial charge in [0.15, 0.2) is 5.82 Å². The summed E-state index contributed by atoms with van der Waals surface area (Å²) in [5.41, 5.74) is 1.52. The number of halogens is 1. The van der Waals surface area contributed by atoms with E-state index in [1.165, 1.54) is 12.8 Å². The molecular weight excluding hydrogens is 282 g/mol. The molecule has 2 aliphatic rings. The Kier molecular flexibility index (Phi) is 3.24. The molecule has 0 aliphatic heterocycles. The summed E-state index contributed by atoms with van der Waals surface area (Å²) >= 11 is 11.1. The Bertz CT molecular complexity index is 613. The molecule has 1 amide bonds. The molecule has 4 nitrogen and oxygen atoms in total. The molecule has 1 aromatic rings. The average Bonchev–Trinajstić information content (AvgIpc) is 3.13. The molecular formula is C13H12ClN3OS. The van der Waals surface area contributed by atoms with E-state index in [9.17, 15) is 4.79 Å². The highest BCUT2D eigenvalue weighted by molar-refractivity contribution is 7.81. The lowest BCUT2D eigenvalue weighted by molar-refractivity contribution is -0.112. The number of nitrogens with zero attached hydrogens (tertiary/aromatic N) is 1. The Labute approximate surface area is 120 Å². The second-order valence-electron chi connectivity index (χ2n) is 4.71. The highest BCUT2D eigenvalue weighted by Gasteiger charge is 2.26. The first-order valence-electron chi connectivity index (χ1n) is 6.10. The van der Waals surface area contributed by atoms with Crippen LogP contribution >= 0.6 is 23.8 Å². The lowest BCUT2D eigenvalue weighted by Crippen LogP contribution is -2.21. The number of hydrogen-bond donors (Lipinski definition) is 2. The van der Waals surface area contributed by atoms with Gasteiger partial charge in [0.05, 0.1) is 5.57 Å².